The lowest BCUT2D eigenvalue weighted by molar-refractivity contribution is 0.102. The van der Waals surface area contributed by atoms with Gasteiger partial charge in [-0.1, -0.05) is 0 Å². The van der Waals surface area contributed by atoms with E-state index in [9.17, 15) is 4.79 Å². The predicted octanol–water partition coefficient (Wildman–Crippen LogP) is 4.58. The van der Waals surface area contributed by atoms with Crippen LogP contribution in [-0.2, 0) is 0 Å². The molecule has 1 amide bonds. The summed E-state index contributed by atoms with van der Waals surface area (Å²) < 4.78 is 17.4. The van der Waals surface area contributed by atoms with Gasteiger partial charge in [0.25, 0.3) is 5.91 Å². The van der Waals surface area contributed by atoms with Crippen LogP contribution in [0.4, 0.5) is 5.82 Å². The summed E-state index contributed by atoms with van der Waals surface area (Å²) in [5, 5.41) is 10.0. The van der Waals surface area contributed by atoms with Crippen LogP contribution in [0.1, 0.15) is 16.1 Å². The summed E-state index contributed by atoms with van der Waals surface area (Å²) in [6.07, 6.45) is 0. The van der Waals surface area contributed by atoms with Crippen LogP contribution < -0.4 is 19.5 Å². The fourth-order valence-corrected chi connectivity index (χ4v) is 3.96. The molecule has 0 aliphatic carbocycles. The van der Waals surface area contributed by atoms with E-state index in [-0.39, 0.29) is 5.91 Å². The molecule has 4 aromatic rings. The Morgan fingerprint density at radius 2 is 1.69 bits per heavy atom. The second-order valence-electron chi connectivity index (χ2n) is 6.85. The minimum absolute atomic E-state index is 0.322. The quantitative estimate of drug-likeness (QED) is 0.443. The number of hydrogen-bond acceptors (Lipinski definition) is 7. The Kier molecular flexibility index (Phi) is 6.09. The Labute approximate surface area is 189 Å². The molecule has 164 valence electrons. The number of aryl methyl sites for hydroxylation is 1. The van der Waals surface area contributed by atoms with E-state index in [1.165, 1.54) is 18.4 Å². The van der Waals surface area contributed by atoms with Gasteiger partial charge in [-0.25, -0.2) is 4.98 Å². The topological polar surface area (TPSA) is 87.5 Å². The molecule has 2 heterocycles. The molecular weight excluding hydrogens is 428 g/mol. The maximum Gasteiger partial charge on any atom is 0.260 e. The number of ether oxygens (including phenoxy) is 3. The van der Waals surface area contributed by atoms with E-state index in [4.69, 9.17) is 19.2 Å². The van der Waals surface area contributed by atoms with Gasteiger partial charge in [0, 0.05) is 23.1 Å². The molecule has 2 aromatic heterocycles. The van der Waals surface area contributed by atoms with Crippen LogP contribution in [0.3, 0.4) is 0 Å². The highest BCUT2D eigenvalue weighted by Gasteiger charge is 2.18. The third kappa shape index (κ3) is 4.28. The van der Waals surface area contributed by atoms with Crippen molar-refractivity contribution in [3.05, 3.63) is 65.2 Å². The molecule has 0 saturated heterocycles. The highest BCUT2D eigenvalue weighted by atomic mass is 32.1. The standard InChI is InChI=1S/C23H22N4O4S/c1-14-11-21(25-22(28)18-10-9-17(30-3)12-20(18)31-4)27(26-14)23-24-19(13-32-23)15-5-7-16(29-2)8-6-15/h5-13H,1-4H3,(H,25,28). The Balaban J connectivity index is 1.61. The van der Waals surface area contributed by atoms with Crippen LogP contribution in [0.2, 0.25) is 0 Å². The van der Waals surface area contributed by atoms with Crippen molar-refractivity contribution in [3.63, 3.8) is 0 Å². The normalized spacial score (nSPS) is 10.6. The third-order valence-corrected chi connectivity index (χ3v) is 5.60. The van der Waals surface area contributed by atoms with Gasteiger partial charge in [0.15, 0.2) is 0 Å². The van der Waals surface area contributed by atoms with Gasteiger partial charge >= 0.3 is 0 Å². The van der Waals surface area contributed by atoms with E-state index < -0.39 is 0 Å². The van der Waals surface area contributed by atoms with Crippen LogP contribution in [0.25, 0.3) is 16.4 Å². The number of carbonyl (C=O) groups excluding carboxylic acids is 1. The van der Waals surface area contributed by atoms with Crippen molar-refractivity contribution in [2.24, 2.45) is 0 Å². The van der Waals surface area contributed by atoms with E-state index in [1.54, 1.807) is 43.2 Å². The van der Waals surface area contributed by atoms with E-state index >= 15 is 0 Å². The minimum Gasteiger partial charge on any atom is -0.497 e. The molecule has 0 bridgehead atoms. The van der Waals surface area contributed by atoms with E-state index in [1.807, 2.05) is 36.6 Å². The van der Waals surface area contributed by atoms with Crippen LogP contribution in [0.5, 0.6) is 17.2 Å². The van der Waals surface area contributed by atoms with Crippen molar-refractivity contribution < 1.29 is 19.0 Å². The molecule has 0 aliphatic heterocycles. The molecule has 1 N–H and O–H groups in total. The van der Waals surface area contributed by atoms with Gasteiger partial charge in [-0.3, -0.25) is 4.79 Å². The molecular formula is C23H22N4O4S. The molecule has 0 aliphatic rings. The van der Waals surface area contributed by atoms with Crippen LogP contribution in [0, 0.1) is 6.92 Å². The smallest absolute Gasteiger partial charge is 0.260 e. The van der Waals surface area contributed by atoms with Crippen molar-refractivity contribution in [2.45, 2.75) is 6.92 Å². The largest absolute Gasteiger partial charge is 0.497 e. The summed E-state index contributed by atoms with van der Waals surface area (Å²) in [7, 11) is 4.70. The highest BCUT2D eigenvalue weighted by Crippen LogP contribution is 2.29. The number of nitrogens with one attached hydrogen (secondary N) is 1. The van der Waals surface area contributed by atoms with Gasteiger partial charge in [0.1, 0.15) is 23.1 Å². The average molecular weight is 451 g/mol. The minimum atomic E-state index is -0.322. The number of carbonyl (C=O) groups is 1. The van der Waals surface area contributed by atoms with Gasteiger partial charge in [0.2, 0.25) is 5.13 Å². The molecule has 0 saturated carbocycles. The van der Waals surface area contributed by atoms with Crippen molar-refractivity contribution >= 4 is 23.1 Å². The lowest BCUT2D eigenvalue weighted by Crippen LogP contribution is -2.16. The van der Waals surface area contributed by atoms with E-state index in [0.29, 0.717) is 28.0 Å². The lowest BCUT2D eigenvalue weighted by Gasteiger charge is -2.11. The first kappa shape index (κ1) is 21.4. The molecule has 9 heteroatoms. The van der Waals surface area contributed by atoms with Gasteiger partial charge in [-0.15, -0.1) is 11.3 Å². The zero-order valence-electron chi connectivity index (χ0n) is 18.1. The van der Waals surface area contributed by atoms with Crippen LogP contribution >= 0.6 is 11.3 Å². The molecule has 2 aromatic carbocycles. The highest BCUT2D eigenvalue weighted by molar-refractivity contribution is 7.12. The number of thiazole rings is 1. The first-order valence-electron chi connectivity index (χ1n) is 9.72. The van der Waals surface area contributed by atoms with Crippen molar-refractivity contribution in [3.8, 4) is 33.6 Å². The Morgan fingerprint density at radius 1 is 0.969 bits per heavy atom. The molecule has 0 radical (unpaired) electrons. The summed E-state index contributed by atoms with van der Waals surface area (Å²) in [6, 6.07) is 14.5. The second kappa shape index (κ2) is 9.11. The summed E-state index contributed by atoms with van der Waals surface area (Å²) in [6.45, 7) is 1.86. The van der Waals surface area contributed by atoms with Crippen molar-refractivity contribution in [2.75, 3.05) is 26.6 Å². The average Bonchev–Trinajstić information content (AvgIpc) is 3.45. The maximum atomic E-state index is 13.0. The molecule has 8 nitrogen and oxygen atoms in total. The summed E-state index contributed by atoms with van der Waals surface area (Å²) in [5.41, 5.74) is 2.92. The number of nitrogens with zero attached hydrogens (tertiary/aromatic N) is 3. The fraction of sp³-hybridized carbons (Fsp3) is 0.174. The molecule has 0 unspecified atom stereocenters. The predicted molar refractivity (Wildman–Crippen MR) is 123 cm³/mol. The molecule has 32 heavy (non-hydrogen) atoms. The maximum absolute atomic E-state index is 13.0. The molecule has 0 spiro atoms. The molecule has 4 rings (SSSR count). The van der Waals surface area contributed by atoms with Crippen LogP contribution in [0.15, 0.2) is 53.9 Å². The second-order valence-corrected chi connectivity index (χ2v) is 7.68. The van der Waals surface area contributed by atoms with E-state index in [2.05, 4.69) is 10.4 Å². The Hall–Kier alpha value is -3.85. The molecule has 0 fully saturated rings. The number of methoxy groups -OCH3 is 3. The Bertz CT molecular complexity index is 1250. The van der Waals surface area contributed by atoms with Gasteiger partial charge in [-0.05, 0) is 43.3 Å². The number of anilines is 1. The third-order valence-electron chi connectivity index (χ3n) is 4.79. The number of benzene rings is 2. The first-order valence-corrected chi connectivity index (χ1v) is 10.6. The monoisotopic (exact) mass is 450 g/mol. The van der Waals surface area contributed by atoms with E-state index in [0.717, 1.165) is 22.7 Å². The van der Waals surface area contributed by atoms with Gasteiger partial charge in [0.05, 0.1) is 38.3 Å². The zero-order valence-corrected chi connectivity index (χ0v) is 18.9. The van der Waals surface area contributed by atoms with Gasteiger partial charge < -0.3 is 19.5 Å². The number of rotatable bonds is 7. The summed E-state index contributed by atoms with van der Waals surface area (Å²) in [4.78, 5) is 17.7. The number of aromatic nitrogens is 3. The Morgan fingerprint density at radius 3 is 2.38 bits per heavy atom. The summed E-state index contributed by atoms with van der Waals surface area (Å²) >= 11 is 1.44. The number of amides is 1. The zero-order chi connectivity index (χ0) is 22.7. The fourth-order valence-electron chi connectivity index (χ4n) is 3.16. The van der Waals surface area contributed by atoms with Crippen molar-refractivity contribution in [1.29, 1.82) is 0 Å². The van der Waals surface area contributed by atoms with Crippen molar-refractivity contribution in [1.82, 2.24) is 14.8 Å². The van der Waals surface area contributed by atoms with Gasteiger partial charge in [-0.2, -0.15) is 9.78 Å². The van der Waals surface area contributed by atoms with Crippen LogP contribution in [-0.4, -0.2) is 42.0 Å². The lowest BCUT2D eigenvalue weighted by atomic mass is 10.1. The molecule has 0 atom stereocenters. The SMILES string of the molecule is COc1ccc(-c2csc(-n3nc(C)cc3NC(=O)c3ccc(OC)cc3OC)n2)cc1. The first-order chi connectivity index (χ1) is 15.5. The summed E-state index contributed by atoms with van der Waals surface area (Å²) in [5.74, 6) is 2.00. The number of hydrogen-bond donors (Lipinski definition) is 1.